The molecule has 0 unspecified atom stereocenters. The maximum atomic E-state index is 13.0. The molecule has 0 atom stereocenters. The summed E-state index contributed by atoms with van der Waals surface area (Å²) in [6.45, 7) is 0.587. The average molecular weight is 348 g/mol. The highest BCUT2D eigenvalue weighted by Gasteiger charge is 2.44. The van der Waals surface area contributed by atoms with E-state index in [0.29, 0.717) is 12.1 Å². The Hall–Kier alpha value is -1.68. The van der Waals surface area contributed by atoms with Crippen LogP contribution in [0, 0.1) is 5.82 Å². The van der Waals surface area contributed by atoms with Crippen molar-refractivity contribution in [3.05, 3.63) is 69.9 Å². The standard InChI is InChI=1S/C17H15BrFNO/c18-14-3-1-2-12(10-14)16(21)20-11-17(8-9-17)13-4-6-15(19)7-5-13/h1-7,10H,8-9,11H2,(H,20,21). The normalized spacial score (nSPS) is 15.5. The van der Waals surface area contributed by atoms with Crippen molar-refractivity contribution in [2.24, 2.45) is 0 Å². The summed E-state index contributed by atoms with van der Waals surface area (Å²) in [4.78, 5) is 12.2. The summed E-state index contributed by atoms with van der Waals surface area (Å²) in [6.07, 6.45) is 2.05. The molecule has 1 aliphatic carbocycles. The molecule has 4 heteroatoms. The molecule has 0 bridgehead atoms. The largest absolute Gasteiger partial charge is 0.351 e. The summed E-state index contributed by atoms with van der Waals surface area (Å²) in [5.41, 5.74) is 1.72. The Morgan fingerprint density at radius 1 is 1.19 bits per heavy atom. The Balaban J connectivity index is 1.67. The van der Waals surface area contributed by atoms with Crippen LogP contribution in [0.5, 0.6) is 0 Å². The van der Waals surface area contributed by atoms with E-state index >= 15 is 0 Å². The van der Waals surface area contributed by atoms with E-state index in [2.05, 4.69) is 21.2 Å². The predicted molar refractivity (Wildman–Crippen MR) is 83.8 cm³/mol. The second-order valence-corrected chi connectivity index (χ2v) is 6.40. The van der Waals surface area contributed by atoms with E-state index < -0.39 is 0 Å². The van der Waals surface area contributed by atoms with Crippen LogP contribution in [0.4, 0.5) is 4.39 Å². The third-order valence-electron chi connectivity index (χ3n) is 3.98. The number of benzene rings is 2. The van der Waals surface area contributed by atoms with E-state index in [9.17, 15) is 9.18 Å². The van der Waals surface area contributed by atoms with Crippen molar-refractivity contribution >= 4 is 21.8 Å². The maximum absolute atomic E-state index is 13.0. The number of halogens is 2. The van der Waals surface area contributed by atoms with E-state index in [0.717, 1.165) is 22.9 Å². The molecule has 1 aliphatic rings. The van der Waals surface area contributed by atoms with Crippen LogP contribution in [0.1, 0.15) is 28.8 Å². The molecule has 1 amide bonds. The molecule has 3 rings (SSSR count). The van der Waals surface area contributed by atoms with Gasteiger partial charge in [0.2, 0.25) is 0 Å². The summed E-state index contributed by atoms with van der Waals surface area (Å²) in [6, 6.07) is 13.9. The highest BCUT2D eigenvalue weighted by Crippen LogP contribution is 2.47. The summed E-state index contributed by atoms with van der Waals surface area (Å²) in [7, 11) is 0. The number of amides is 1. The molecule has 2 aromatic carbocycles. The number of hydrogen-bond acceptors (Lipinski definition) is 1. The minimum atomic E-state index is -0.229. The number of rotatable bonds is 4. The van der Waals surface area contributed by atoms with Crippen LogP contribution in [-0.4, -0.2) is 12.5 Å². The van der Waals surface area contributed by atoms with Crippen molar-refractivity contribution in [3.8, 4) is 0 Å². The first-order valence-electron chi connectivity index (χ1n) is 6.89. The van der Waals surface area contributed by atoms with Crippen LogP contribution in [-0.2, 0) is 5.41 Å². The Kier molecular flexibility index (Phi) is 3.81. The van der Waals surface area contributed by atoms with Crippen molar-refractivity contribution in [1.29, 1.82) is 0 Å². The molecule has 0 saturated heterocycles. The van der Waals surface area contributed by atoms with Crippen LogP contribution < -0.4 is 5.32 Å². The van der Waals surface area contributed by atoms with Crippen molar-refractivity contribution in [2.75, 3.05) is 6.54 Å². The highest BCUT2D eigenvalue weighted by molar-refractivity contribution is 9.10. The zero-order chi connectivity index (χ0) is 14.9. The zero-order valence-electron chi connectivity index (χ0n) is 11.4. The predicted octanol–water partition coefficient (Wildman–Crippen LogP) is 4.05. The first-order chi connectivity index (χ1) is 10.1. The zero-order valence-corrected chi connectivity index (χ0v) is 13.0. The van der Waals surface area contributed by atoms with Gasteiger partial charge in [0.05, 0.1) is 0 Å². The van der Waals surface area contributed by atoms with Gasteiger partial charge < -0.3 is 5.32 Å². The smallest absolute Gasteiger partial charge is 0.251 e. The lowest BCUT2D eigenvalue weighted by Crippen LogP contribution is -2.32. The molecule has 0 spiro atoms. The molecule has 2 nitrogen and oxygen atoms in total. The first kappa shape index (κ1) is 14.3. The van der Waals surface area contributed by atoms with Crippen LogP contribution in [0.25, 0.3) is 0 Å². The molecule has 0 radical (unpaired) electrons. The molecular formula is C17H15BrFNO. The molecule has 0 aliphatic heterocycles. The molecule has 1 fully saturated rings. The van der Waals surface area contributed by atoms with Gasteiger partial charge in [-0.1, -0.05) is 34.1 Å². The molecule has 2 aromatic rings. The van der Waals surface area contributed by atoms with Gasteiger partial charge in [0.1, 0.15) is 5.82 Å². The van der Waals surface area contributed by atoms with E-state index in [1.54, 1.807) is 12.1 Å². The Bertz CT molecular complexity index is 665. The molecule has 0 heterocycles. The van der Waals surface area contributed by atoms with Gasteiger partial charge in [-0.15, -0.1) is 0 Å². The van der Waals surface area contributed by atoms with Gasteiger partial charge in [-0.3, -0.25) is 4.79 Å². The Labute approximate surface area is 131 Å². The van der Waals surface area contributed by atoms with Gasteiger partial charge in [0, 0.05) is 22.0 Å². The second-order valence-electron chi connectivity index (χ2n) is 5.48. The third kappa shape index (κ3) is 3.16. The lowest BCUT2D eigenvalue weighted by Gasteiger charge is -2.16. The fourth-order valence-electron chi connectivity index (χ4n) is 2.50. The minimum Gasteiger partial charge on any atom is -0.351 e. The first-order valence-corrected chi connectivity index (χ1v) is 7.68. The topological polar surface area (TPSA) is 29.1 Å². The minimum absolute atomic E-state index is 0.0185. The Morgan fingerprint density at radius 3 is 2.52 bits per heavy atom. The van der Waals surface area contributed by atoms with Gasteiger partial charge >= 0.3 is 0 Å². The van der Waals surface area contributed by atoms with Gasteiger partial charge in [-0.25, -0.2) is 4.39 Å². The van der Waals surface area contributed by atoms with Crippen LogP contribution >= 0.6 is 15.9 Å². The molecule has 1 N–H and O–H groups in total. The molecular weight excluding hydrogens is 333 g/mol. The van der Waals surface area contributed by atoms with Crippen molar-refractivity contribution < 1.29 is 9.18 Å². The van der Waals surface area contributed by atoms with Crippen LogP contribution in [0.15, 0.2) is 53.0 Å². The monoisotopic (exact) mass is 347 g/mol. The van der Waals surface area contributed by atoms with E-state index in [-0.39, 0.29) is 17.1 Å². The second kappa shape index (κ2) is 5.60. The van der Waals surface area contributed by atoms with E-state index in [4.69, 9.17) is 0 Å². The number of hydrogen-bond donors (Lipinski definition) is 1. The summed E-state index contributed by atoms with van der Waals surface area (Å²) >= 11 is 3.36. The Morgan fingerprint density at radius 2 is 1.90 bits per heavy atom. The van der Waals surface area contributed by atoms with E-state index in [1.807, 2.05) is 24.3 Å². The maximum Gasteiger partial charge on any atom is 0.251 e. The van der Waals surface area contributed by atoms with Crippen LogP contribution in [0.3, 0.4) is 0 Å². The lowest BCUT2D eigenvalue weighted by molar-refractivity contribution is 0.0949. The SMILES string of the molecule is O=C(NCC1(c2ccc(F)cc2)CC1)c1cccc(Br)c1. The summed E-state index contributed by atoms with van der Waals surface area (Å²) in [5, 5.41) is 2.99. The molecule has 0 aromatic heterocycles. The third-order valence-corrected chi connectivity index (χ3v) is 4.48. The van der Waals surface area contributed by atoms with E-state index in [1.165, 1.54) is 12.1 Å². The number of nitrogens with one attached hydrogen (secondary N) is 1. The number of carbonyl (C=O) groups is 1. The fourth-order valence-corrected chi connectivity index (χ4v) is 2.90. The lowest BCUT2D eigenvalue weighted by atomic mass is 9.96. The van der Waals surface area contributed by atoms with Gasteiger partial charge in [0.15, 0.2) is 0 Å². The van der Waals surface area contributed by atoms with Crippen molar-refractivity contribution in [2.45, 2.75) is 18.3 Å². The molecule has 21 heavy (non-hydrogen) atoms. The average Bonchev–Trinajstić information content (AvgIpc) is 3.27. The summed E-state index contributed by atoms with van der Waals surface area (Å²) in [5.74, 6) is -0.308. The van der Waals surface area contributed by atoms with Gasteiger partial charge in [-0.05, 0) is 48.7 Å². The van der Waals surface area contributed by atoms with Gasteiger partial charge in [0.25, 0.3) is 5.91 Å². The summed E-state index contributed by atoms with van der Waals surface area (Å²) < 4.78 is 13.9. The fraction of sp³-hybridized carbons (Fsp3) is 0.235. The van der Waals surface area contributed by atoms with Crippen molar-refractivity contribution in [3.63, 3.8) is 0 Å². The molecule has 108 valence electrons. The molecule has 1 saturated carbocycles. The van der Waals surface area contributed by atoms with Crippen LogP contribution in [0.2, 0.25) is 0 Å². The van der Waals surface area contributed by atoms with Crippen molar-refractivity contribution in [1.82, 2.24) is 5.32 Å². The van der Waals surface area contributed by atoms with Gasteiger partial charge in [-0.2, -0.15) is 0 Å². The number of carbonyl (C=O) groups excluding carboxylic acids is 1. The quantitative estimate of drug-likeness (QED) is 0.887. The highest BCUT2D eigenvalue weighted by atomic mass is 79.9.